The lowest BCUT2D eigenvalue weighted by Gasteiger charge is -2.31. The Balaban J connectivity index is 2.52. The summed E-state index contributed by atoms with van der Waals surface area (Å²) in [4.78, 5) is 14.2. The largest absolute Gasteiger partial charge is 0.355 e. The van der Waals surface area contributed by atoms with Gasteiger partial charge in [0.2, 0.25) is 0 Å². The van der Waals surface area contributed by atoms with Gasteiger partial charge in [0.05, 0.1) is 0 Å². The lowest BCUT2D eigenvalue weighted by Crippen LogP contribution is -2.20. The van der Waals surface area contributed by atoms with Crippen LogP contribution in [0, 0.1) is 12.8 Å². The lowest BCUT2D eigenvalue weighted by molar-refractivity contribution is 0.0963. The van der Waals surface area contributed by atoms with Crippen molar-refractivity contribution in [3.05, 3.63) is 75.8 Å². The number of carbonyl (C=O) groups is 1. The minimum atomic E-state index is -0.0537. The minimum Gasteiger partial charge on any atom is -0.355 e. The van der Waals surface area contributed by atoms with Crippen molar-refractivity contribution in [2.75, 3.05) is 7.05 Å². The molecule has 1 amide bonds. The summed E-state index contributed by atoms with van der Waals surface area (Å²) in [5.41, 5.74) is 9.34. The summed E-state index contributed by atoms with van der Waals surface area (Å²) in [6.07, 6.45) is 7.73. The van der Waals surface area contributed by atoms with Crippen molar-refractivity contribution in [3.8, 4) is 0 Å². The van der Waals surface area contributed by atoms with Gasteiger partial charge < -0.3 is 10.2 Å². The van der Waals surface area contributed by atoms with Crippen LogP contribution in [0.3, 0.4) is 0 Å². The number of allylic oxidation sites excluding steroid dienone is 6. The molecule has 1 atom stereocenters. The van der Waals surface area contributed by atoms with Gasteiger partial charge in [-0.15, -0.1) is 0 Å². The molecule has 0 aliphatic carbocycles. The second-order valence-corrected chi connectivity index (χ2v) is 7.77. The molecule has 1 heterocycles. The first-order chi connectivity index (χ1) is 13.2. The maximum Gasteiger partial charge on any atom is 0.251 e. The summed E-state index contributed by atoms with van der Waals surface area (Å²) in [6.45, 7) is 15.3. The average Bonchev–Trinajstić information content (AvgIpc) is 2.70. The van der Waals surface area contributed by atoms with Crippen LogP contribution in [0.15, 0.2) is 59.1 Å². The van der Waals surface area contributed by atoms with Gasteiger partial charge >= 0.3 is 0 Å². The predicted octanol–water partition coefficient (Wildman–Crippen LogP) is 6.20. The van der Waals surface area contributed by atoms with Crippen LogP contribution in [0.1, 0.15) is 69.4 Å². The van der Waals surface area contributed by atoms with Gasteiger partial charge in [-0.3, -0.25) is 4.79 Å². The third-order valence-electron chi connectivity index (χ3n) is 5.89. The van der Waals surface area contributed by atoms with Gasteiger partial charge in [-0.05, 0) is 99.1 Å². The van der Waals surface area contributed by atoms with Gasteiger partial charge in [-0.2, -0.15) is 0 Å². The van der Waals surface area contributed by atoms with Gasteiger partial charge in [0.1, 0.15) is 0 Å². The van der Waals surface area contributed by atoms with E-state index in [0.717, 1.165) is 12.0 Å². The zero-order chi connectivity index (χ0) is 21.0. The SMILES string of the molecule is CCC(C)/C(C)=C1\C=C(C)C=CN1/C(C)=C(\C)c1ccc(C(=O)NC)cc1C. The van der Waals surface area contributed by atoms with Crippen molar-refractivity contribution in [2.45, 2.75) is 54.9 Å². The number of benzene rings is 1. The molecule has 0 spiro atoms. The molecule has 1 aliphatic heterocycles. The van der Waals surface area contributed by atoms with Crippen LogP contribution in [-0.2, 0) is 0 Å². The fraction of sp³-hybridized carbons (Fsp3) is 0.400. The normalized spacial score (nSPS) is 17.7. The standard InChI is InChI=1S/C25H34N2O/c1-9-17(3)19(5)24-14-16(2)12-13-27(24)21(7)20(6)23-11-10-22(15-18(23)4)25(28)26-8/h10-15,17H,9H2,1-8H3,(H,26,28)/b21-20+,24-19+. The van der Waals surface area contributed by atoms with Crippen LogP contribution in [0.2, 0.25) is 0 Å². The third kappa shape index (κ3) is 4.46. The molecule has 0 fully saturated rings. The Morgan fingerprint density at radius 3 is 2.43 bits per heavy atom. The lowest BCUT2D eigenvalue weighted by atomic mass is 9.94. The Bertz CT molecular complexity index is 884. The van der Waals surface area contributed by atoms with Crippen LogP contribution >= 0.6 is 0 Å². The van der Waals surface area contributed by atoms with Crippen LogP contribution < -0.4 is 5.32 Å². The number of nitrogens with one attached hydrogen (secondary N) is 1. The average molecular weight is 379 g/mol. The molecule has 1 N–H and O–H groups in total. The Morgan fingerprint density at radius 1 is 1.18 bits per heavy atom. The summed E-state index contributed by atoms with van der Waals surface area (Å²) in [5.74, 6) is 0.483. The molecule has 0 bridgehead atoms. The highest BCUT2D eigenvalue weighted by Crippen LogP contribution is 2.32. The molecule has 0 saturated heterocycles. The summed E-state index contributed by atoms with van der Waals surface area (Å²) in [5, 5.41) is 2.69. The highest BCUT2D eigenvalue weighted by molar-refractivity contribution is 5.94. The number of hydrogen-bond donors (Lipinski definition) is 1. The molecule has 0 radical (unpaired) electrons. The summed E-state index contributed by atoms with van der Waals surface area (Å²) in [7, 11) is 1.66. The number of carbonyl (C=O) groups excluding carboxylic acids is 1. The second kappa shape index (κ2) is 9.09. The molecular weight excluding hydrogens is 344 g/mol. The number of aryl methyl sites for hydroxylation is 1. The van der Waals surface area contributed by atoms with Crippen molar-refractivity contribution in [1.29, 1.82) is 0 Å². The maximum atomic E-state index is 11.9. The molecule has 0 aromatic heterocycles. The summed E-state index contributed by atoms with van der Waals surface area (Å²) >= 11 is 0. The molecular formula is C25H34N2O. The zero-order valence-corrected chi connectivity index (χ0v) is 18.6. The van der Waals surface area contributed by atoms with Crippen molar-refractivity contribution >= 4 is 11.5 Å². The minimum absolute atomic E-state index is 0.0537. The van der Waals surface area contributed by atoms with E-state index < -0.39 is 0 Å². The highest BCUT2D eigenvalue weighted by Gasteiger charge is 2.19. The molecule has 3 nitrogen and oxygen atoms in total. The van der Waals surface area contributed by atoms with Crippen LogP contribution in [0.5, 0.6) is 0 Å². The first-order valence-electron chi connectivity index (χ1n) is 10.1. The van der Waals surface area contributed by atoms with Gasteiger partial charge in [0, 0.05) is 30.2 Å². The van der Waals surface area contributed by atoms with Crippen LogP contribution in [0.25, 0.3) is 5.57 Å². The number of amides is 1. The Morgan fingerprint density at radius 2 is 1.86 bits per heavy atom. The number of rotatable bonds is 5. The quantitative estimate of drug-likeness (QED) is 0.661. The first kappa shape index (κ1) is 21.7. The van der Waals surface area contributed by atoms with Crippen molar-refractivity contribution < 1.29 is 4.79 Å². The fourth-order valence-corrected chi connectivity index (χ4v) is 3.51. The van der Waals surface area contributed by atoms with E-state index >= 15 is 0 Å². The summed E-state index contributed by atoms with van der Waals surface area (Å²) < 4.78 is 0. The molecule has 1 aromatic carbocycles. The molecule has 1 aliphatic rings. The van der Waals surface area contributed by atoms with E-state index in [0.29, 0.717) is 11.5 Å². The smallest absolute Gasteiger partial charge is 0.251 e. The van der Waals surface area contributed by atoms with Gasteiger partial charge in [-0.1, -0.05) is 19.9 Å². The molecule has 150 valence electrons. The molecule has 1 aromatic rings. The van der Waals surface area contributed by atoms with E-state index in [-0.39, 0.29) is 5.91 Å². The topological polar surface area (TPSA) is 32.3 Å². The van der Waals surface area contributed by atoms with Gasteiger partial charge in [0.25, 0.3) is 5.91 Å². The van der Waals surface area contributed by atoms with Crippen molar-refractivity contribution in [2.24, 2.45) is 5.92 Å². The van der Waals surface area contributed by atoms with E-state index in [1.807, 2.05) is 12.1 Å². The van der Waals surface area contributed by atoms with Gasteiger partial charge in [0.15, 0.2) is 0 Å². The van der Waals surface area contributed by atoms with E-state index in [9.17, 15) is 4.79 Å². The molecule has 28 heavy (non-hydrogen) atoms. The molecule has 2 rings (SSSR count). The monoisotopic (exact) mass is 378 g/mol. The Hall–Kier alpha value is -2.55. The number of nitrogens with zero attached hydrogens (tertiary/aromatic N) is 1. The number of hydrogen-bond acceptors (Lipinski definition) is 2. The second-order valence-electron chi connectivity index (χ2n) is 7.77. The third-order valence-corrected chi connectivity index (χ3v) is 5.89. The van der Waals surface area contributed by atoms with E-state index in [2.05, 4.69) is 83.1 Å². The predicted molar refractivity (Wildman–Crippen MR) is 120 cm³/mol. The molecule has 3 heteroatoms. The van der Waals surface area contributed by atoms with Crippen LogP contribution in [-0.4, -0.2) is 17.9 Å². The van der Waals surface area contributed by atoms with E-state index in [4.69, 9.17) is 0 Å². The van der Waals surface area contributed by atoms with Crippen molar-refractivity contribution in [1.82, 2.24) is 10.2 Å². The Labute approximate surface area is 170 Å². The Kier molecular flexibility index (Phi) is 7.06. The van der Waals surface area contributed by atoms with E-state index in [1.165, 1.54) is 33.7 Å². The van der Waals surface area contributed by atoms with Crippen LogP contribution in [0.4, 0.5) is 0 Å². The fourth-order valence-electron chi connectivity index (χ4n) is 3.51. The highest BCUT2D eigenvalue weighted by atomic mass is 16.1. The first-order valence-corrected chi connectivity index (χ1v) is 10.1. The molecule has 1 unspecified atom stereocenters. The molecule has 0 saturated carbocycles. The van der Waals surface area contributed by atoms with Gasteiger partial charge in [-0.25, -0.2) is 0 Å². The van der Waals surface area contributed by atoms with Crippen molar-refractivity contribution in [3.63, 3.8) is 0 Å². The maximum absolute atomic E-state index is 11.9. The summed E-state index contributed by atoms with van der Waals surface area (Å²) in [6, 6.07) is 5.91. The van der Waals surface area contributed by atoms with E-state index in [1.54, 1.807) is 7.05 Å². The zero-order valence-electron chi connectivity index (χ0n) is 18.6.